The molecule has 2 heterocycles. The number of quaternary nitrogens is 1. The highest BCUT2D eigenvalue weighted by atomic mass is 16.5. The van der Waals surface area contributed by atoms with Crippen LogP contribution in [0.3, 0.4) is 0 Å². The molecule has 1 aromatic rings. The lowest BCUT2D eigenvalue weighted by molar-refractivity contribution is -0.893. The minimum Gasteiger partial charge on any atom is -0.511 e. The Morgan fingerprint density at radius 2 is 1.66 bits per heavy atom. The summed E-state index contributed by atoms with van der Waals surface area (Å²) in [5.41, 5.74) is 4.41. The van der Waals surface area contributed by atoms with Crippen LogP contribution >= 0.6 is 0 Å². The Kier molecular flexibility index (Phi) is 12.1. The summed E-state index contributed by atoms with van der Waals surface area (Å²) in [5.74, 6) is -0.138. The Labute approximate surface area is 298 Å². The number of carbonyl (C=O) groups excluding carboxylic acids is 2. The molecule has 8 heteroatoms. The van der Waals surface area contributed by atoms with Crippen LogP contribution in [0.15, 0.2) is 81.9 Å². The smallest absolute Gasteiger partial charge is 0.184 e. The number of hydrogen-bond acceptors (Lipinski definition) is 7. The molecule has 2 aliphatic carbocycles. The van der Waals surface area contributed by atoms with Crippen molar-refractivity contribution in [1.29, 1.82) is 0 Å². The largest absolute Gasteiger partial charge is 0.511 e. The number of nitrogens with one attached hydrogen (secondary N) is 1. The third-order valence-electron chi connectivity index (χ3n) is 10.4. The molecule has 2 aliphatic heterocycles. The summed E-state index contributed by atoms with van der Waals surface area (Å²) in [6, 6.07) is 4.19. The number of allylic oxidation sites excluding steroid dienone is 9. The third kappa shape index (κ3) is 7.57. The summed E-state index contributed by atoms with van der Waals surface area (Å²) in [6.45, 7) is 17.1. The highest BCUT2D eigenvalue weighted by molar-refractivity contribution is 6.24. The summed E-state index contributed by atoms with van der Waals surface area (Å²) >= 11 is 0. The summed E-state index contributed by atoms with van der Waals surface area (Å²) in [5, 5.41) is 32.1. The highest BCUT2D eigenvalue weighted by Gasteiger charge is 2.54. The minimum atomic E-state index is -1.29. The first kappa shape index (κ1) is 38.9. The number of carbonyl (C=O) groups is 2. The van der Waals surface area contributed by atoms with Crippen LogP contribution in [-0.4, -0.2) is 59.8 Å². The second kappa shape index (κ2) is 15.6. The van der Waals surface area contributed by atoms with Gasteiger partial charge in [-0.05, 0) is 72.9 Å². The van der Waals surface area contributed by atoms with Crippen LogP contribution in [0.25, 0.3) is 0 Å². The van der Waals surface area contributed by atoms with Crippen molar-refractivity contribution in [3.63, 3.8) is 0 Å². The van der Waals surface area contributed by atoms with E-state index in [1.54, 1.807) is 21.0 Å². The molecule has 0 amide bonds. The molecule has 5 rings (SSSR count). The van der Waals surface area contributed by atoms with Crippen LogP contribution in [0.5, 0.6) is 11.5 Å². The molecule has 272 valence electrons. The Morgan fingerprint density at radius 3 is 2.22 bits per heavy atom. The molecule has 0 bridgehead atoms. The molecule has 8 nitrogen and oxygen atoms in total. The molecule has 50 heavy (non-hydrogen) atoms. The number of ether oxygens (including phenoxy) is 2. The van der Waals surface area contributed by atoms with E-state index in [4.69, 9.17) is 9.47 Å². The second-order valence-corrected chi connectivity index (χ2v) is 15.5. The van der Waals surface area contributed by atoms with Gasteiger partial charge in [0.25, 0.3) is 0 Å². The average Bonchev–Trinajstić information content (AvgIpc) is 3.30. The Balaban J connectivity index is 0.000000234. The predicted molar refractivity (Wildman–Crippen MR) is 198 cm³/mol. The van der Waals surface area contributed by atoms with Crippen molar-refractivity contribution in [2.24, 2.45) is 11.3 Å². The molecule has 4 aliphatic rings. The predicted octanol–water partition coefficient (Wildman–Crippen LogP) is 6.91. The van der Waals surface area contributed by atoms with Gasteiger partial charge >= 0.3 is 0 Å². The highest BCUT2D eigenvalue weighted by Crippen LogP contribution is 2.55. The Morgan fingerprint density at radius 1 is 1.04 bits per heavy atom. The van der Waals surface area contributed by atoms with Crippen molar-refractivity contribution in [2.45, 2.75) is 112 Å². The summed E-state index contributed by atoms with van der Waals surface area (Å²) in [6.07, 6.45) is 12.0. The van der Waals surface area contributed by atoms with E-state index in [2.05, 4.69) is 19.2 Å². The van der Waals surface area contributed by atoms with E-state index in [0.717, 1.165) is 47.7 Å². The van der Waals surface area contributed by atoms with E-state index in [0.29, 0.717) is 6.42 Å². The van der Waals surface area contributed by atoms with Gasteiger partial charge in [-0.2, -0.15) is 0 Å². The van der Waals surface area contributed by atoms with Crippen molar-refractivity contribution in [3.8, 4) is 11.5 Å². The van der Waals surface area contributed by atoms with Crippen molar-refractivity contribution in [3.05, 3.63) is 93.0 Å². The molecule has 0 radical (unpaired) electrons. The van der Waals surface area contributed by atoms with Crippen LogP contribution in [0.1, 0.15) is 98.6 Å². The van der Waals surface area contributed by atoms with Gasteiger partial charge in [-0.1, -0.05) is 60.9 Å². The van der Waals surface area contributed by atoms with Gasteiger partial charge in [0, 0.05) is 35.5 Å². The van der Waals surface area contributed by atoms with Gasteiger partial charge in [-0.3, -0.25) is 9.59 Å². The van der Waals surface area contributed by atoms with Crippen molar-refractivity contribution < 1.29 is 39.3 Å². The van der Waals surface area contributed by atoms with Gasteiger partial charge in [-0.25, -0.2) is 0 Å². The SMILES string of the molecule is CC(C)=CCC1=C(O)C(CC=C(C)C)(CC=C(C)C)C(=O)C(C(=O)C(C)C)=C1O.COc1ccc2c3c1O[C@H]1C[C@@H](O)C=C[C@@]31CC[NH+](C)C2. The number of aliphatic hydroxyl groups is 3. The van der Waals surface area contributed by atoms with Crippen LogP contribution in [0.4, 0.5) is 0 Å². The van der Waals surface area contributed by atoms with Crippen molar-refractivity contribution in [2.75, 3.05) is 20.7 Å². The lowest BCUT2D eigenvalue weighted by Crippen LogP contribution is -3.07. The van der Waals surface area contributed by atoms with Crippen LogP contribution < -0.4 is 14.4 Å². The standard InChI is InChI=1S/C25H36O4.C17H21NO3/c1-15(2)9-10-19-22(27)20(21(26)18(7)8)24(29)25(23(19)28,13-11-16(3)4)14-12-17(5)6;1-18-8-7-17-6-5-12(19)9-14(17)21-16-13(20-2)4-3-11(10-18)15(16)17/h9,11-12,18,27-28H,10,13-14H2,1-8H3;3-6,12,14,19H,7-10H2,1-2H3/p+1/t;12-,14-,17-/m.0/s1. The van der Waals surface area contributed by atoms with Gasteiger partial charge in [0.1, 0.15) is 29.7 Å². The first-order chi connectivity index (χ1) is 23.5. The minimum absolute atomic E-state index is 0.0217. The Bertz CT molecular complexity index is 1650. The molecule has 0 saturated heterocycles. The van der Waals surface area contributed by atoms with E-state index < -0.39 is 29.0 Å². The average molecular weight is 689 g/mol. The number of hydrogen-bond donors (Lipinski definition) is 4. The Hall–Kier alpha value is -3.88. The zero-order valence-corrected chi connectivity index (χ0v) is 31.7. The number of rotatable bonds is 9. The maximum atomic E-state index is 13.6. The molecular weight excluding hydrogens is 630 g/mol. The first-order valence-corrected chi connectivity index (χ1v) is 17.9. The van der Waals surface area contributed by atoms with Gasteiger partial charge < -0.3 is 29.7 Å². The van der Waals surface area contributed by atoms with Gasteiger partial charge in [0.05, 0.1) is 37.6 Å². The fraction of sp³-hybridized carbons (Fsp3) is 0.524. The molecule has 4 atom stereocenters. The van der Waals surface area contributed by atoms with E-state index in [9.17, 15) is 24.9 Å². The first-order valence-electron chi connectivity index (χ1n) is 17.9. The van der Waals surface area contributed by atoms with Crippen LogP contribution in [0.2, 0.25) is 0 Å². The van der Waals surface area contributed by atoms with E-state index in [-0.39, 0.29) is 53.4 Å². The maximum Gasteiger partial charge on any atom is 0.184 e. The van der Waals surface area contributed by atoms with Crippen LogP contribution in [-0.2, 0) is 21.5 Å². The van der Waals surface area contributed by atoms with E-state index >= 15 is 0 Å². The summed E-state index contributed by atoms with van der Waals surface area (Å²) in [4.78, 5) is 28.0. The molecule has 4 N–H and O–H groups in total. The quantitative estimate of drug-likeness (QED) is 0.165. The van der Waals surface area contributed by atoms with Crippen molar-refractivity contribution >= 4 is 11.6 Å². The van der Waals surface area contributed by atoms with Gasteiger partial charge in [0.2, 0.25) is 0 Å². The van der Waals surface area contributed by atoms with Gasteiger partial charge in [0.15, 0.2) is 23.1 Å². The fourth-order valence-electron chi connectivity index (χ4n) is 7.42. The molecule has 1 aromatic carbocycles. The molecular formula is C42H58NO7+. The van der Waals surface area contributed by atoms with E-state index in [1.807, 2.05) is 71.9 Å². The lowest BCUT2D eigenvalue weighted by Gasteiger charge is -2.36. The molecule has 1 spiro atoms. The molecule has 1 unspecified atom stereocenters. The van der Waals surface area contributed by atoms with E-state index in [1.165, 1.54) is 16.0 Å². The van der Waals surface area contributed by atoms with Crippen molar-refractivity contribution in [1.82, 2.24) is 0 Å². The summed E-state index contributed by atoms with van der Waals surface area (Å²) in [7, 11) is 3.93. The number of benzene rings is 1. The normalized spacial score (nSPS) is 24.6. The fourth-order valence-corrected chi connectivity index (χ4v) is 7.42. The monoisotopic (exact) mass is 688 g/mol. The number of Topliss-reactive ketones (excluding diaryl/α,β-unsaturated/α-hetero) is 2. The van der Waals surface area contributed by atoms with Crippen LogP contribution in [0, 0.1) is 11.3 Å². The third-order valence-corrected chi connectivity index (χ3v) is 10.4. The number of aliphatic hydroxyl groups excluding tert-OH is 3. The van der Waals surface area contributed by atoms with Gasteiger partial charge in [-0.15, -0.1) is 0 Å². The zero-order chi connectivity index (χ0) is 37.1. The molecule has 0 fully saturated rings. The summed E-state index contributed by atoms with van der Waals surface area (Å²) < 4.78 is 11.8. The lowest BCUT2D eigenvalue weighted by atomic mass is 9.66. The topological polar surface area (TPSA) is 118 Å². The zero-order valence-electron chi connectivity index (χ0n) is 31.7. The number of methoxy groups -OCH3 is 1. The molecule has 0 aromatic heterocycles. The second-order valence-electron chi connectivity index (χ2n) is 15.5. The maximum absolute atomic E-state index is 13.6. The number of ketones is 2. The molecule has 0 saturated carbocycles.